The van der Waals surface area contributed by atoms with E-state index >= 15 is 0 Å². The molecule has 0 radical (unpaired) electrons. The van der Waals surface area contributed by atoms with Gasteiger partial charge in [-0.15, -0.1) is 12.3 Å². The Labute approximate surface area is 94.7 Å². The third-order valence-electron chi connectivity index (χ3n) is 2.81. The molecule has 0 aromatic carbocycles. The van der Waals surface area contributed by atoms with Crippen molar-refractivity contribution in [2.45, 2.75) is 38.3 Å². The van der Waals surface area contributed by atoms with Gasteiger partial charge in [-0.2, -0.15) is 5.10 Å². The molecule has 4 heteroatoms. The zero-order chi connectivity index (χ0) is 11.4. The topological polar surface area (TPSA) is 46.9 Å². The van der Waals surface area contributed by atoms with Crippen molar-refractivity contribution in [3.63, 3.8) is 0 Å². The SMILES string of the molecule is C#CCCn1ncc(NC2CCC2)cc1=O. The van der Waals surface area contributed by atoms with Crippen LogP contribution < -0.4 is 10.9 Å². The zero-order valence-corrected chi connectivity index (χ0v) is 9.15. The highest BCUT2D eigenvalue weighted by Crippen LogP contribution is 2.21. The summed E-state index contributed by atoms with van der Waals surface area (Å²) in [5.41, 5.74) is 0.714. The lowest BCUT2D eigenvalue weighted by Crippen LogP contribution is -2.29. The first-order valence-electron chi connectivity index (χ1n) is 5.57. The number of anilines is 1. The van der Waals surface area contributed by atoms with Crippen molar-refractivity contribution in [2.75, 3.05) is 5.32 Å². The Bertz CT molecular complexity index is 454. The van der Waals surface area contributed by atoms with Gasteiger partial charge in [-0.1, -0.05) is 0 Å². The number of hydrogen-bond donors (Lipinski definition) is 1. The van der Waals surface area contributed by atoms with E-state index in [1.165, 1.54) is 23.9 Å². The van der Waals surface area contributed by atoms with Gasteiger partial charge in [-0.25, -0.2) is 4.68 Å². The molecule has 1 aliphatic rings. The van der Waals surface area contributed by atoms with Crippen LogP contribution in [0.15, 0.2) is 17.1 Å². The summed E-state index contributed by atoms with van der Waals surface area (Å²) < 4.78 is 1.39. The standard InChI is InChI=1S/C12H15N3O/c1-2-3-7-15-12(16)8-11(9-13-15)14-10-5-4-6-10/h1,8-10,14H,3-7H2. The Kier molecular flexibility index (Phi) is 3.25. The van der Waals surface area contributed by atoms with Gasteiger partial charge >= 0.3 is 0 Å². The quantitative estimate of drug-likeness (QED) is 0.772. The summed E-state index contributed by atoms with van der Waals surface area (Å²) in [7, 11) is 0. The Hall–Kier alpha value is -1.76. The monoisotopic (exact) mass is 217 g/mol. The fourth-order valence-corrected chi connectivity index (χ4v) is 1.64. The fourth-order valence-electron chi connectivity index (χ4n) is 1.64. The van der Waals surface area contributed by atoms with Crippen molar-refractivity contribution < 1.29 is 0 Å². The van der Waals surface area contributed by atoms with E-state index in [9.17, 15) is 4.79 Å². The molecule has 0 bridgehead atoms. The van der Waals surface area contributed by atoms with Gasteiger partial charge < -0.3 is 5.32 Å². The molecule has 0 amide bonds. The predicted molar refractivity (Wildman–Crippen MR) is 63.2 cm³/mol. The summed E-state index contributed by atoms with van der Waals surface area (Å²) in [6.45, 7) is 0.485. The average molecular weight is 217 g/mol. The maximum absolute atomic E-state index is 11.6. The smallest absolute Gasteiger partial charge is 0.268 e. The highest BCUT2D eigenvalue weighted by atomic mass is 16.1. The molecule has 1 saturated carbocycles. The minimum Gasteiger partial charge on any atom is -0.381 e. The molecule has 0 atom stereocenters. The summed E-state index contributed by atoms with van der Waals surface area (Å²) in [4.78, 5) is 11.6. The van der Waals surface area contributed by atoms with Crippen molar-refractivity contribution in [2.24, 2.45) is 0 Å². The van der Waals surface area contributed by atoms with Crippen molar-refractivity contribution >= 4 is 5.69 Å². The first-order chi connectivity index (χ1) is 7.79. The van der Waals surface area contributed by atoms with Crippen LogP contribution in [0.4, 0.5) is 5.69 Å². The fraction of sp³-hybridized carbons (Fsp3) is 0.500. The molecule has 1 aromatic rings. The van der Waals surface area contributed by atoms with Crippen LogP contribution in [0, 0.1) is 12.3 Å². The van der Waals surface area contributed by atoms with Gasteiger partial charge in [0.05, 0.1) is 18.4 Å². The summed E-state index contributed by atoms with van der Waals surface area (Å²) in [5, 5.41) is 7.36. The number of rotatable bonds is 4. The maximum atomic E-state index is 11.6. The van der Waals surface area contributed by atoms with Gasteiger partial charge in [-0.3, -0.25) is 4.79 Å². The molecule has 0 saturated heterocycles. The second-order valence-corrected chi connectivity index (χ2v) is 4.03. The van der Waals surface area contributed by atoms with Gasteiger partial charge in [0.2, 0.25) is 0 Å². The van der Waals surface area contributed by atoms with Crippen LogP contribution in [0.25, 0.3) is 0 Å². The molecule has 1 heterocycles. The lowest BCUT2D eigenvalue weighted by Gasteiger charge is -2.27. The van der Waals surface area contributed by atoms with Gasteiger partial charge in [0.1, 0.15) is 0 Å². The van der Waals surface area contributed by atoms with E-state index in [1.54, 1.807) is 12.3 Å². The third kappa shape index (κ3) is 2.43. The summed E-state index contributed by atoms with van der Waals surface area (Å²) in [6, 6.07) is 2.10. The minimum absolute atomic E-state index is 0.0976. The normalized spacial score (nSPS) is 15.2. The van der Waals surface area contributed by atoms with Crippen molar-refractivity contribution in [1.82, 2.24) is 9.78 Å². The Morgan fingerprint density at radius 3 is 3.00 bits per heavy atom. The molecule has 0 spiro atoms. The molecule has 1 fully saturated rings. The number of nitrogens with zero attached hydrogens (tertiary/aromatic N) is 2. The van der Waals surface area contributed by atoms with Gasteiger partial charge in [0.25, 0.3) is 5.56 Å². The van der Waals surface area contributed by atoms with Crippen molar-refractivity contribution in [3.05, 3.63) is 22.6 Å². The molecular formula is C12H15N3O. The number of nitrogens with one attached hydrogen (secondary N) is 1. The third-order valence-corrected chi connectivity index (χ3v) is 2.81. The minimum atomic E-state index is -0.0976. The van der Waals surface area contributed by atoms with Crippen LogP contribution in [0.1, 0.15) is 25.7 Å². The van der Waals surface area contributed by atoms with E-state index in [4.69, 9.17) is 6.42 Å². The number of aromatic nitrogens is 2. The highest BCUT2D eigenvalue weighted by molar-refractivity contribution is 5.40. The van der Waals surface area contributed by atoms with E-state index in [2.05, 4.69) is 16.3 Å². The Morgan fingerprint density at radius 2 is 2.44 bits per heavy atom. The second kappa shape index (κ2) is 4.84. The largest absolute Gasteiger partial charge is 0.381 e. The van der Waals surface area contributed by atoms with Crippen molar-refractivity contribution in [1.29, 1.82) is 0 Å². The lowest BCUT2D eigenvalue weighted by atomic mass is 9.93. The van der Waals surface area contributed by atoms with E-state index in [0.717, 1.165) is 5.69 Å². The molecule has 84 valence electrons. The van der Waals surface area contributed by atoms with E-state index in [1.807, 2.05) is 0 Å². The predicted octanol–water partition coefficient (Wildman–Crippen LogP) is 1.23. The molecule has 0 aliphatic heterocycles. The van der Waals surface area contributed by atoms with Gasteiger partial charge in [0, 0.05) is 18.5 Å². The molecule has 4 nitrogen and oxygen atoms in total. The van der Waals surface area contributed by atoms with Crippen molar-refractivity contribution in [3.8, 4) is 12.3 Å². The van der Waals surface area contributed by atoms with Crippen LogP contribution in [0.3, 0.4) is 0 Å². The Morgan fingerprint density at radius 1 is 1.62 bits per heavy atom. The van der Waals surface area contributed by atoms with Crippen LogP contribution in [-0.2, 0) is 6.54 Å². The Balaban J connectivity index is 2.03. The first kappa shape index (κ1) is 10.7. The highest BCUT2D eigenvalue weighted by Gasteiger charge is 2.16. The zero-order valence-electron chi connectivity index (χ0n) is 9.15. The molecule has 16 heavy (non-hydrogen) atoms. The van der Waals surface area contributed by atoms with Gasteiger partial charge in [-0.05, 0) is 19.3 Å². The van der Waals surface area contributed by atoms with E-state index in [0.29, 0.717) is 19.0 Å². The molecule has 1 N–H and O–H groups in total. The molecule has 1 aliphatic carbocycles. The number of aryl methyl sites for hydroxylation is 1. The average Bonchev–Trinajstić information content (AvgIpc) is 2.22. The van der Waals surface area contributed by atoms with Crippen LogP contribution >= 0.6 is 0 Å². The van der Waals surface area contributed by atoms with Crippen LogP contribution in [0.5, 0.6) is 0 Å². The van der Waals surface area contributed by atoms with Crippen LogP contribution in [-0.4, -0.2) is 15.8 Å². The van der Waals surface area contributed by atoms with Crippen LogP contribution in [0.2, 0.25) is 0 Å². The van der Waals surface area contributed by atoms with E-state index < -0.39 is 0 Å². The van der Waals surface area contributed by atoms with Gasteiger partial charge in [0.15, 0.2) is 0 Å². The summed E-state index contributed by atoms with van der Waals surface area (Å²) in [5.74, 6) is 2.49. The maximum Gasteiger partial charge on any atom is 0.268 e. The number of terminal acetylenes is 1. The van der Waals surface area contributed by atoms with E-state index in [-0.39, 0.29) is 5.56 Å². The molecule has 2 rings (SSSR count). The second-order valence-electron chi connectivity index (χ2n) is 4.03. The number of hydrogen-bond acceptors (Lipinski definition) is 3. The molecule has 1 aromatic heterocycles. The summed E-state index contributed by atoms with van der Waals surface area (Å²) in [6.07, 6.45) is 11.0. The lowest BCUT2D eigenvalue weighted by molar-refractivity contribution is 0.445. The molecule has 0 unspecified atom stereocenters. The first-order valence-corrected chi connectivity index (χ1v) is 5.57. The summed E-state index contributed by atoms with van der Waals surface area (Å²) >= 11 is 0. The molecular weight excluding hydrogens is 202 g/mol.